The van der Waals surface area contributed by atoms with Crippen molar-refractivity contribution in [3.05, 3.63) is 29.8 Å². The summed E-state index contributed by atoms with van der Waals surface area (Å²) < 4.78 is 0. The highest BCUT2D eigenvalue weighted by Crippen LogP contribution is 2.39. The van der Waals surface area contributed by atoms with E-state index >= 15 is 0 Å². The van der Waals surface area contributed by atoms with Gasteiger partial charge in [-0.05, 0) is 24.5 Å². The van der Waals surface area contributed by atoms with E-state index in [1.165, 1.54) is 23.3 Å². The number of halogens is 1. The third kappa shape index (κ3) is 3.51. The van der Waals surface area contributed by atoms with E-state index in [1.54, 1.807) is 11.8 Å². The summed E-state index contributed by atoms with van der Waals surface area (Å²) in [5.74, 6) is 1.11. The number of fused-ring (bicyclic) bond motifs is 1. The van der Waals surface area contributed by atoms with Crippen molar-refractivity contribution >= 4 is 33.6 Å². The second-order valence-corrected chi connectivity index (χ2v) is 6.30. The van der Waals surface area contributed by atoms with Gasteiger partial charge < -0.3 is 5.32 Å². The van der Waals surface area contributed by atoms with Crippen LogP contribution in [-0.2, 0) is 4.79 Å². The number of unbranched alkanes of at least 4 members (excludes halogenated alkanes) is 2. The lowest BCUT2D eigenvalue weighted by Crippen LogP contribution is -2.30. The Hall–Kier alpha value is -0.480. The first kappa shape index (κ1) is 13.9. The summed E-state index contributed by atoms with van der Waals surface area (Å²) in [4.78, 5) is 13.4. The van der Waals surface area contributed by atoms with Gasteiger partial charge in [0, 0.05) is 22.5 Å². The minimum absolute atomic E-state index is 0.0439. The maximum Gasteiger partial charge on any atom is 0.228 e. The Morgan fingerprint density at radius 3 is 3.00 bits per heavy atom. The Morgan fingerprint density at radius 2 is 2.17 bits per heavy atom. The predicted molar refractivity (Wildman–Crippen MR) is 80.6 cm³/mol. The number of alkyl halides is 1. The number of carbonyl (C=O) groups is 1. The Balaban J connectivity index is 1.80. The van der Waals surface area contributed by atoms with Crippen molar-refractivity contribution in [1.29, 1.82) is 0 Å². The van der Waals surface area contributed by atoms with Gasteiger partial charge in [0.15, 0.2) is 0 Å². The average Bonchev–Trinajstić information content (AvgIpc) is 2.82. The SMILES string of the molecule is O=C(NCCCCCBr)C1CSc2ccccc21. The zero-order valence-electron chi connectivity index (χ0n) is 10.3. The molecule has 1 aliphatic heterocycles. The minimum Gasteiger partial charge on any atom is -0.356 e. The lowest BCUT2D eigenvalue weighted by Gasteiger charge is -2.11. The van der Waals surface area contributed by atoms with Crippen molar-refractivity contribution in [3.8, 4) is 0 Å². The number of carbonyl (C=O) groups excluding carboxylic acids is 1. The second kappa shape index (κ2) is 7.19. The largest absolute Gasteiger partial charge is 0.356 e. The fraction of sp³-hybridized carbons (Fsp3) is 0.500. The van der Waals surface area contributed by atoms with Crippen LogP contribution in [0.4, 0.5) is 0 Å². The third-order valence-corrected chi connectivity index (χ3v) is 4.87. The number of amides is 1. The van der Waals surface area contributed by atoms with Crippen molar-refractivity contribution in [2.24, 2.45) is 0 Å². The molecule has 0 saturated carbocycles. The normalized spacial score (nSPS) is 17.5. The van der Waals surface area contributed by atoms with Gasteiger partial charge in [-0.15, -0.1) is 11.8 Å². The molecule has 1 amide bonds. The Morgan fingerprint density at radius 1 is 1.33 bits per heavy atom. The van der Waals surface area contributed by atoms with E-state index in [0.717, 1.165) is 24.0 Å². The molecule has 1 unspecified atom stereocenters. The van der Waals surface area contributed by atoms with Crippen LogP contribution in [0.2, 0.25) is 0 Å². The zero-order chi connectivity index (χ0) is 12.8. The summed E-state index contributed by atoms with van der Waals surface area (Å²) in [7, 11) is 0. The first-order chi connectivity index (χ1) is 8.83. The molecule has 1 heterocycles. The van der Waals surface area contributed by atoms with Gasteiger partial charge in [-0.3, -0.25) is 4.79 Å². The van der Waals surface area contributed by atoms with Gasteiger partial charge in [0.2, 0.25) is 5.91 Å². The highest BCUT2D eigenvalue weighted by Gasteiger charge is 2.28. The molecule has 0 aromatic heterocycles. The van der Waals surface area contributed by atoms with Gasteiger partial charge in [0.05, 0.1) is 5.92 Å². The zero-order valence-corrected chi connectivity index (χ0v) is 12.7. The van der Waals surface area contributed by atoms with E-state index < -0.39 is 0 Å². The molecule has 18 heavy (non-hydrogen) atoms. The van der Waals surface area contributed by atoms with E-state index in [-0.39, 0.29) is 11.8 Å². The van der Waals surface area contributed by atoms with E-state index in [2.05, 4.69) is 33.4 Å². The number of hydrogen-bond donors (Lipinski definition) is 1. The number of thioether (sulfide) groups is 1. The molecular formula is C14H18BrNOS. The first-order valence-corrected chi connectivity index (χ1v) is 8.49. The van der Waals surface area contributed by atoms with Crippen molar-refractivity contribution in [2.75, 3.05) is 17.6 Å². The maximum atomic E-state index is 12.1. The number of hydrogen-bond acceptors (Lipinski definition) is 2. The Bertz CT molecular complexity index is 411. The molecule has 0 fully saturated rings. The fourth-order valence-electron chi connectivity index (χ4n) is 2.11. The second-order valence-electron chi connectivity index (χ2n) is 4.44. The van der Waals surface area contributed by atoms with Gasteiger partial charge in [-0.1, -0.05) is 40.5 Å². The van der Waals surface area contributed by atoms with E-state index in [1.807, 2.05) is 12.1 Å². The summed E-state index contributed by atoms with van der Waals surface area (Å²) in [5.41, 5.74) is 1.19. The Kier molecular flexibility index (Phi) is 5.57. The summed E-state index contributed by atoms with van der Waals surface area (Å²) in [5, 5.41) is 4.11. The van der Waals surface area contributed by atoms with Crippen LogP contribution >= 0.6 is 27.7 Å². The van der Waals surface area contributed by atoms with Gasteiger partial charge >= 0.3 is 0 Å². The van der Waals surface area contributed by atoms with E-state index in [4.69, 9.17) is 0 Å². The molecule has 1 atom stereocenters. The van der Waals surface area contributed by atoms with Gasteiger partial charge in [-0.2, -0.15) is 0 Å². The molecule has 98 valence electrons. The molecule has 0 spiro atoms. The monoisotopic (exact) mass is 327 g/mol. The quantitative estimate of drug-likeness (QED) is 0.639. The van der Waals surface area contributed by atoms with Crippen LogP contribution in [0.3, 0.4) is 0 Å². The summed E-state index contributed by atoms with van der Waals surface area (Å²) >= 11 is 5.20. The van der Waals surface area contributed by atoms with E-state index in [0.29, 0.717) is 0 Å². The van der Waals surface area contributed by atoms with Crippen molar-refractivity contribution in [2.45, 2.75) is 30.1 Å². The smallest absolute Gasteiger partial charge is 0.228 e. The molecule has 0 saturated heterocycles. The molecule has 1 aromatic carbocycles. The number of rotatable bonds is 6. The summed E-state index contributed by atoms with van der Waals surface area (Å²) in [6.45, 7) is 0.801. The lowest BCUT2D eigenvalue weighted by molar-refractivity contribution is -0.122. The molecule has 2 rings (SSSR count). The van der Waals surface area contributed by atoms with Crippen LogP contribution in [-0.4, -0.2) is 23.5 Å². The molecule has 0 bridgehead atoms. The van der Waals surface area contributed by atoms with Gasteiger partial charge in [-0.25, -0.2) is 0 Å². The van der Waals surface area contributed by atoms with Gasteiger partial charge in [0.1, 0.15) is 0 Å². The topological polar surface area (TPSA) is 29.1 Å². The third-order valence-electron chi connectivity index (χ3n) is 3.13. The predicted octanol–water partition coefficient (Wildman–Crippen LogP) is 3.56. The molecular weight excluding hydrogens is 310 g/mol. The number of nitrogens with one attached hydrogen (secondary N) is 1. The Labute approximate surface area is 121 Å². The molecule has 0 radical (unpaired) electrons. The lowest BCUT2D eigenvalue weighted by atomic mass is 10.0. The van der Waals surface area contributed by atoms with Crippen LogP contribution in [0, 0.1) is 0 Å². The van der Waals surface area contributed by atoms with Crippen LogP contribution in [0.15, 0.2) is 29.2 Å². The fourth-order valence-corrected chi connectivity index (χ4v) is 3.74. The van der Waals surface area contributed by atoms with Crippen LogP contribution in [0.25, 0.3) is 0 Å². The number of benzene rings is 1. The summed E-state index contributed by atoms with van der Waals surface area (Å²) in [6.07, 6.45) is 3.42. The maximum absolute atomic E-state index is 12.1. The average molecular weight is 328 g/mol. The van der Waals surface area contributed by atoms with Crippen LogP contribution in [0.5, 0.6) is 0 Å². The highest BCUT2D eigenvalue weighted by atomic mass is 79.9. The molecule has 0 aliphatic carbocycles. The minimum atomic E-state index is 0.0439. The summed E-state index contributed by atoms with van der Waals surface area (Å²) in [6, 6.07) is 8.22. The van der Waals surface area contributed by atoms with Crippen LogP contribution in [0.1, 0.15) is 30.7 Å². The molecule has 4 heteroatoms. The van der Waals surface area contributed by atoms with Crippen LogP contribution < -0.4 is 5.32 Å². The van der Waals surface area contributed by atoms with E-state index in [9.17, 15) is 4.79 Å². The standard InChI is InChI=1S/C14H18BrNOS/c15-8-4-1-5-9-16-14(17)12-10-18-13-7-3-2-6-11(12)13/h2-3,6-7,12H,1,4-5,8-10H2,(H,16,17). The molecule has 1 aromatic rings. The van der Waals surface area contributed by atoms with Crippen molar-refractivity contribution < 1.29 is 4.79 Å². The van der Waals surface area contributed by atoms with Crippen molar-refractivity contribution in [1.82, 2.24) is 5.32 Å². The van der Waals surface area contributed by atoms with Crippen molar-refractivity contribution in [3.63, 3.8) is 0 Å². The molecule has 1 aliphatic rings. The molecule has 1 N–H and O–H groups in total. The molecule has 2 nitrogen and oxygen atoms in total. The highest BCUT2D eigenvalue weighted by molar-refractivity contribution is 9.09. The van der Waals surface area contributed by atoms with Gasteiger partial charge in [0.25, 0.3) is 0 Å². The first-order valence-electron chi connectivity index (χ1n) is 6.38.